The predicted octanol–water partition coefficient (Wildman–Crippen LogP) is 17.4. The zero-order chi connectivity index (χ0) is 46.5. The van der Waals surface area contributed by atoms with Gasteiger partial charge in [0.2, 0.25) is 0 Å². The lowest BCUT2D eigenvalue weighted by Gasteiger charge is -2.18. The van der Waals surface area contributed by atoms with Crippen molar-refractivity contribution in [3.8, 4) is 0 Å². The molecule has 0 bridgehead atoms. The second kappa shape index (κ2) is 52.0. The molecule has 0 aliphatic carbocycles. The van der Waals surface area contributed by atoms with Crippen molar-refractivity contribution in [2.75, 3.05) is 13.2 Å². The molecule has 0 N–H and O–H groups in total. The zero-order valence-corrected chi connectivity index (χ0v) is 41.5. The lowest BCUT2D eigenvalue weighted by atomic mass is 10.0. The highest BCUT2D eigenvalue weighted by Gasteiger charge is 2.19. The maximum atomic E-state index is 12.8. The van der Waals surface area contributed by atoms with E-state index >= 15 is 0 Å². The summed E-state index contributed by atoms with van der Waals surface area (Å²) in [4.78, 5) is 38.0. The van der Waals surface area contributed by atoms with Gasteiger partial charge in [-0.1, -0.05) is 246 Å². The van der Waals surface area contributed by atoms with E-state index in [-0.39, 0.29) is 31.1 Å². The van der Waals surface area contributed by atoms with E-state index in [0.29, 0.717) is 19.3 Å². The van der Waals surface area contributed by atoms with E-state index in [1.807, 2.05) is 36.5 Å². The normalized spacial score (nSPS) is 12.9. The van der Waals surface area contributed by atoms with Gasteiger partial charge in [0.15, 0.2) is 6.10 Å². The fraction of sp³-hybridized carbons (Fsp3) is 0.672. The molecule has 0 aromatic heterocycles. The van der Waals surface area contributed by atoms with Crippen LogP contribution in [0.15, 0.2) is 97.2 Å². The molecule has 0 saturated heterocycles. The average Bonchev–Trinajstić information content (AvgIpc) is 3.29. The molecule has 0 heterocycles. The van der Waals surface area contributed by atoms with Gasteiger partial charge in [0, 0.05) is 19.3 Å². The molecule has 6 nitrogen and oxygen atoms in total. The van der Waals surface area contributed by atoms with Crippen LogP contribution in [0.1, 0.15) is 233 Å². The minimum Gasteiger partial charge on any atom is -0.462 e. The van der Waals surface area contributed by atoms with Gasteiger partial charge < -0.3 is 14.2 Å². The number of unbranched alkanes of at least 4 members (excludes halogenated alkanes) is 25. The number of allylic oxidation sites excluding steroid dienone is 16. The molecule has 0 aliphatic heterocycles. The third-order valence-electron chi connectivity index (χ3n) is 11.0. The number of carbonyl (C=O) groups is 3. The molecule has 0 aliphatic rings. The van der Waals surface area contributed by atoms with Crippen molar-refractivity contribution < 1.29 is 28.6 Å². The summed E-state index contributed by atoms with van der Waals surface area (Å²) in [5.74, 6) is -0.962. The lowest BCUT2D eigenvalue weighted by Crippen LogP contribution is -2.30. The van der Waals surface area contributed by atoms with Gasteiger partial charge in [0.05, 0.1) is 0 Å². The number of hydrogen-bond acceptors (Lipinski definition) is 6. The first kappa shape index (κ1) is 60.3. The smallest absolute Gasteiger partial charge is 0.306 e. The van der Waals surface area contributed by atoms with Gasteiger partial charge in [-0.05, 0) is 64.2 Å². The van der Waals surface area contributed by atoms with E-state index in [1.54, 1.807) is 0 Å². The van der Waals surface area contributed by atoms with Crippen molar-refractivity contribution in [3.63, 3.8) is 0 Å². The maximum Gasteiger partial charge on any atom is 0.306 e. The van der Waals surface area contributed by atoms with Gasteiger partial charge in [-0.3, -0.25) is 14.4 Å². The van der Waals surface area contributed by atoms with Gasteiger partial charge >= 0.3 is 17.9 Å². The topological polar surface area (TPSA) is 78.9 Å². The molecule has 0 aromatic rings. The molecule has 1 atom stereocenters. The van der Waals surface area contributed by atoms with Crippen molar-refractivity contribution in [2.45, 2.75) is 239 Å². The molecular weight excluding hydrogens is 793 g/mol. The van der Waals surface area contributed by atoms with Crippen molar-refractivity contribution >= 4 is 17.9 Å². The van der Waals surface area contributed by atoms with E-state index < -0.39 is 6.10 Å². The Hall–Kier alpha value is -3.67. The van der Waals surface area contributed by atoms with Crippen molar-refractivity contribution in [3.05, 3.63) is 97.2 Å². The molecule has 0 fully saturated rings. The quantitative estimate of drug-likeness (QED) is 0.0262. The van der Waals surface area contributed by atoms with Crippen LogP contribution in [-0.2, 0) is 28.6 Å². The first-order valence-electron chi connectivity index (χ1n) is 26.3. The van der Waals surface area contributed by atoms with Crippen molar-refractivity contribution in [1.29, 1.82) is 0 Å². The summed E-state index contributed by atoms with van der Waals surface area (Å²) in [6.45, 7) is 6.40. The molecule has 0 spiro atoms. The summed E-state index contributed by atoms with van der Waals surface area (Å²) in [7, 11) is 0. The Labute approximate surface area is 394 Å². The molecule has 0 saturated carbocycles. The van der Waals surface area contributed by atoms with Crippen molar-refractivity contribution in [2.24, 2.45) is 0 Å². The van der Waals surface area contributed by atoms with Crippen LogP contribution in [0.5, 0.6) is 0 Å². The summed E-state index contributed by atoms with van der Waals surface area (Å²) in [6.07, 6.45) is 68.1. The Morgan fingerprint density at radius 3 is 1.00 bits per heavy atom. The largest absolute Gasteiger partial charge is 0.462 e. The SMILES string of the molecule is CC\C=C/C=C\C=C/C=C\CCCCCC(=O)OCC(COC(=O)CCCCCCC\C=C/C=C\C=C/C=C\CCCCC)OC(=O)CCCCCCCCCCCCCCCCC. The fourth-order valence-electron chi connectivity index (χ4n) is 7.05. The number of rotatable bonds is 46. The van der Waals surface area contributed by atoms with E-state index in [2.05, 4.69) is 81.5 Å². The molecule has 0 aromatic carbocycles. The van der Waals surface area contributed by atoms with Gasteiger partial charge in [0.25, 0.3) is 0 Å². The van der Waals surface area contributed by atoms with Crippen LogP contribution in [0.4, 0.5) is 0 Å². The number of hydrogen-bond donors (Lipinski definition) is 0. The Balaban J connectivity index is 4.48. The maximum absolute atomic E-state index is 12.8. The molecule has 0 radical (unpaired) electrons. The highest BCUT2D eigenvalue weighted by Crippen LogP contribution is 2.15. The minimum atomic E-state index is -0.802. The average molecular weight is 889 g/mol. The van der Waals surface area contributed by atoms with Crippen LogP contribution in [-0.4, -0.2) is 37.2 Å². The predicted molar refractivity (Wildman–Crippen MR) is 274 cm³/mol. The third-order valence-corrected chi connectivity index (χ3v) is 11.0. The summed E-state index contributed by atoms with van der Waals surface area (Å²) in [5, 5.41) is 0. The Kier molecular flexibility index (Phi) is 49.0. The standard InChI is InChI=1S/C58H96O6/c1-4-7-10-13-16-19-22-25-27-28-29-31-33-36-39-42-45-48-51-57(60)63-54-55(53-62-56(59)50-47-44-41-38-35-32-24-21-18-15-12-9-6-3)64-58(61)52-49-46-43-40-37-34-30-26-23-20-17-14-11-8-5-2/h9,12,15-16,18-19,21-22,24-25,27-29,31-32,35,55H,4-8,10-11,13-14,17,20,23,26,30,33-34,36-54H2,1-3H3/b12-9-,18-15-,19-16-,24-21-,25-22-,28-27-,31-29-,35-32-. The minimum absolute atomic E-state index is 0.102. The van der Waals surface area contributed by atoms with Crippen LogP contribution >= 0.6 is 0 Å². The highest BCUT2D eigenvalue weighted by molar-refractivity contribution is 5.71. The molecule has 64 heavy (non-hydrogen) atoms. The second-order valence-corrected chi connectivity index (χ2v) is 17.2. The van der Waals surface area contributed by atoms with Crippen LogP contribution in [0.3, 0.4) is 0 Å². The molecule has 0 amide bonds. The lowest BCUT2D eigenvalue weighted by molar-refractivity contribution is -0.167. The van der Waals surface area contributed by atoms with Gasteiger partial charge in [0.1, 0.15) is 13.2 Å². The zero-order valence-electron chi connectivity index (χ0n) is 41.5. The van der Waals surface area contributed by atoms with Crippen LogP contribution in [0.2, 0.25) is 0 Å². The fourth-order valence-corrected chi connectivity index (χ4v) is 7.05. The number of carbonyl (C=O) groups excluding carboxylic acids is 3. The van der Waals surface area contributed by atoms with Crippen LogP contribution in [0, 0.1) is 0 Å². The Morgan fingerprint density at radius 2 is 0.609 bits per heavy atom. The van der Waals surface area contributed by atoms with E-state index in [1.165, 1.54) is 96.3 Å². The first-order chi connectivity index (χ1) is 31.5. The summed E-state index contributed by atoms with van der Waals surface area (Å²) >= 11 is 0. The summed E-state index contributed by atoms with van der Waals surface area (Å²) in [5.41, 5.74) is 0. The Bertz CT molecular complexity index is 1300. The molecule has 1 unspecified atom stereocenters. The van der Waals surface area contributed by atoms with E-state index in [4.69, 9.17) is 14.2 Å². The van der Waals surface area contributed by atoms with E-state index in [9.17, 15) is 14.4 Å². The van der Waals surface area contributed by atoms with E-state index in [0.717, 1.165) is 96.3 Å². The van der Waals surface area contributed by atoms with Crippen LogP contribution < -0.4 is 0 Å². The molecule has 6 heteroatoms. The van der Waals surface area contributed by atoms with Gasteiger partial charge in [-0.15, -0.1) is 0 Å². The Morgan fingerprint density at radius 1 is 0.328 bits per heavy atom. The second-order valence-electron chi connectivity index (χ2n) is 17.2. The van der Waals surface area contributed by atoms with Crippen LogP contribution in [0.25, 0.3) is 0 Å². The van der Waals surface area contributed by atoms with Gasteiger partial charge in [-0.25, -0.2) is 0 Å². The van der Waals surface area contributed by atoms with Gasteiger partial charge in [-0.2, -0.15) is 0 Å². The molecule has 0 rings (SSSR count). The summed E-state index contributed by atoms with van der Waals surface area (Å²) < 4.78 is 16.8. The number of ether oxygens (including phenoxy) is 3. The highest BCUT2D eigenvalue weighted by atomic mass is 16.6. The molecular formula is C58H96O6. The molecule has 364 valence electrons. The summed E-state index contributed by atoms with van der Waals surface area (Å²) in [6, 6.07) is 0. The first-order valence-corrected chi connectivity index (χ1v) is 26.3. The monoisotopic (exact) mass is 889 g/mol. The third kappa shape index (κ3) is 49.3. The number of esters is 3. The van der Waals surface area contributed by atoms with Crippen molar-refractivity contribution in [1.82, 2.24) is 0 Å².